The number of Topliss-reactive ketones (excluding diaryl/α,β-unsaturated/α-hetero) is 2. The standard InChI is InChI=1S/C46H71NO12/c1-10-13-33-21-27(2)20-28(3)26-44(57-9)17-18-45(44)39(56-8)23-30(5)46(54,59-45)41(51)42(52)47-19-12-11-14-34(47)43(53)58-40(31(6)36(49)25-37(33)50)29(4)22-32-15-16-35(48)38(24-32)55-7/h10,21-22,28,30-36,38-40,48-49,54H,1,11-20,23-26H2,2-9H3/b27-21+,29-22+/t28-,30+,31+,32-,33+,34-,35+,36-,38+,39-,40+,44-,45-,46+/m0/s1. The van der Waals surface area contributed by atoms with E-state index in [9.17, 15) is 34.5 Å². The lowest BCUT2D eigenvalue weighted by atomic mass is 9.56. The predicted octanol–water partition coefficient (Wildman–Crippen LogP) is 5.17. The fraction of sp³-hybridized carbons (Fsp3) is 0.783. The number of ether oxygens (including phenoxy) is 5. The van der Waals surface area contributed by atoms with Crippen LogP contribution in [0.4, 0.5) is 0 Å². The summed E-state index contributed by atoms with van der Waals surface area (Å²) in [5.74, 6) is -7.73. The van der Waals surface area contributed by atoms with E-state index in [1.54, 1.807) is 41.3 Å². The molecule has 5 rings (SSSR count). The Balaban J connectivity index is 1.57. The van der Waals surface area contributed by atoms with Crippen molar-refractivity contribution < 1.29 is 58.2 Å². The first-order valence-electron chi connectivity index (χ1n) is 21.8. The van der Waals surface area contributed by atoms with Gasteiger partial charge in [0.25, 0.3) is 11.7 Å². The van der Waals surface area contributed by atoms with Crippen LogP contribution in [-0.4, -0.2) is 125 Å². The van der Waals surface area contributed by atoms with E-state index < -0.39 is 82.9 Å². The van der Waals surface area contributed by atoms with Crippen LogP contribution in [0.15, 0.2) is 36.0 Å². The van der Waals surface area contributed by atoms with E-state index in [2.05, 4.69) is 13.5 Å². The van der Waals surface area contributed by atoms with Crippen molar-refractivity contribution in [1.82, 2.24) is 4.90 Å². The summed E-state index contributed by atoms with van der Waals surface area (Å²) >= 11 is 0. The molecule has 2 bridgehead atoms. The minimum Gasteiger partial charge on any atom is -0.456 e. The highest BCUT2D eigenvalue weighted by molar-refractivity contribution is 6.39. The molecule has 0 aromatic heterocycles. The van der Waals surface area contributed by atoms with E-state index in [0.717, 1.165) is 5.57 Å². The van der Waals surface area contributed by atoms with Gasteiger partial charge >= 0.3 is 5.97 Å². The molecule has 332 valence electrons. The van der Waals surface area contributed by atoms with Crippen molar-refractivity contribution in [1.29, 1.82) is 0 Å². The molecule has 0 aromatic rings. The summed E-state index contributed by atoms with van der Waals surface area (Å²) in [5.41, 5.74) is -0.579. The average Bonchev–Trinajstić information content (AvgIpc) is 3.21. The number of carbonyl (C=O) groups is 4. The molecule has 2 saturated carbocycles. The summed E-state index contributed by atoms with van der Waals surface area (Å²) in [6.07, 6.45) is 7.56. The second-order valence-corrected chi connectivity index (χ2v) is 18.5. The smallest absolute Gasteiger partial charge is 0.329 e. The van der Waals surface area contributed by atoms with Crippen molar-refractivity contribution in [2.24, 2.45) is 29.6 Å². The van der Waals surface area contributed by atoms with Gasteiger partial charge in [0.1, 0.15) is 23.5 Å². The molecule has 2 aliphatic carbocycles. The largest absolute Gasteiger partial charge is 0.456 e. The maximum Gasteiger partial charge on any atom is 0.329 e. The number of aliphatic hydroxyl groups excluding tert-OH is 2. The Bertz CT molecular complexity index is 1610. The molecule has 0 unspecified atom stereocenters. The molecule has 0 aromatic carbocycles. The van der Waals surface area contributed by atoms with Gasteiger partial charge in [0.2, 0.25) is 5.79 Å². The van der Waals surface area contributed by atoms with Crippen molar-refractivity contribution >= 4 is 23.4 Å². The zero-order valence-electron chi connectivity index (χ0n) is 36.7. The lowest BCUT2D eigenvalue weighted by molar-refractivity contribution is -0.396. The molecule has 1 spiro atoms. The molecule has 4 fully saturated rings. The van der Waals surface area contributed by atoms with Crippen molar-refractivity contribution in [2.75, 3.05) is 27.9 Å². The van der Waals surface area contributed by atoms with Crippen molar-refractivity contribution in [3.8, 4) is 0 Å². The minimum atomic E-state index is -2.52. The van der Waals surface area contributed by atoms with E-state index in [0.29, 0.717) is 69.8 Å². The summed E-state index contributed by atoms with van der Waals surface area (Å²) in [4.78, 5) is 58.5. The number of methoxy groups -OCH3 is 3. The van der Waals surface area contributed by atoms with Crippen LogP contribution in [0.3, 0.4) is 0 Å². The van der Waals surface area contributed by atoms with Gasteiger partial charge < -0.3 is 43.9 Å². The minimum absolute atomic E-state index is 0.00727. The van der Waals surface area contributed by atoms with Gasteiger partial charge in [-0.05, 0) is 108 Å². The summed E-state index contributed by atoms with van der Waals surface area (Å²) in [7, 11) is 4.72. The molecule has 13 heteroatoms. The second kappa shape index (κ2) is 19.5. The third-order valence-corrected chi connectivity index (χ3v) is 14.4. The van der Waals surface area contributed by atoms with Crippen LogP contribution in [-0.2, 0) is 42.9 Å². The van der Waals surface area contributed by atoms with Crippen LogP contribution in [0.5, 0.6) is 0 Å². The van der Waals surface area contributed by atoms with E-state index in [-0.39, 0.29) is 49.5 Å². The van der Waals surface area contributed by atoms with E-state index in [1.165, 1.54) is 4.90 Å². The lowest BCUT2D eigenvalue weighted by Crippen LogP contribution is -2.78. The van der Waals surface area contributed by atoms with Gasteiger partial charge in [-0.3, -0.25) is 14.4 Å². The molecule has 2 saturated heterocycles. The number of hydrogen-bond donors (Lipinski definition) is 3. The quantitative estimate of drug-likeness (QED) is 0.175. The summed E-state index contributed by atoms with van der Waals surface area (Å²) in [6, 6.07) is -1.14. The highest BCUT2D eigenvalue weighted by Gasteiger charge is 2.72. The zero-order chi connectivity index (χ0) is 43.4. The van der Waals surface area contributed by atoms with Gasteiger partial charge in [-0.25, -0.2) is 4.79 Å². The Morgan fingerprint density at radius 2 is 1.71 bits per heavy atom. The van der Waals surface area contributed by atoms with Gasteiger partial charge in [-0.15, -0.1) is 6.58 Å². The van der Waals surface area contributed by atoms with Crippen LogP contribution in [0, 0.1) is 29.6 Å². The monoisotopic (exact) mass is 829 g/mol. The number of aliphatic hydroxyl groups is 3. The zero-order valence-corrected chi connectivity index (χ0v) is 36.7. The lowest BCUT2D eigenvalue weighted by Gasteiger charge is -2.65. The van der Waals surface area contributed by atoms with Crippen molar-refractivity contribution in [2.45, 2.75) is 172 Å². The number of piperidine rings is 1. The Hall–Kier alpha value is -2.78. The molecule has 3 aliphatic heterocycles. The van der Waals surface area contributed by atoms with Crippen molar-refractivity contribution in [3.63, 3.8) is 0 Å². The first-order chi connectivity index (χ1) is 27.9. The Labute approximate surface area is 350 Å². The molecule has 13 nitrogen and oxygen atoms in total. The molecular formula is C46H71NO12. The van der Waals surface area contributed by atoms with E-state index >= 15 is 0 Å². The summed E-state index contributed by atoms with van der Waals surface area (Å²) < 4.78 is 30.8. The van der Waals surface area contributed by atoms with Gasteiger partial charge in [0, 0.05) is 52.0 Å². The van der Waals surface area contributed by atoms with Crippen LogP contribution in [0.25, 0.3) is 0 Å². The molecule has 1 amide bonds. The first-order valence-corrected chi connectivity index (χ1v) is 21.8. The molecule has 3 heterocycles. The summed E-state index contributed by atoms with van der Waals surface area (Å²) in [5, 5.41) is 34.5. The van der Waals surface area contributed by atoms with Gasteiger partial charge in [-0.2, -0.15) is 0 Å². The SMILES string of the molecule is C=CC[C@@H]1/C=C(\C)C[C@H](C)C[C@@]2(OC)CC[C@@]23O[C@@](O)(C(=O)C(=O)N2CCCC[C@H]2C(=O)O[C@H](/C(C)=C/[C@@H]2CC[C@@H](O)[C@H](OC)C2)[C@H](C)[C@@H](O)CC1=O)[C@H](C)C[C@@H]3OC. The van der Waals surface area contributed by atoms with Gasteiger partial charge in [-0.1, -0.05) is 44.6 Å². The van der Waals surface area contributed by atoms with Crippen LogP contribution in [0.1, 0.15) is 118 Å². The molecular weight excluding hydrogens is 759 g/mol. The number of amides is 1. The number of esters is 1. The second-order valence-electron chi connectivity index (χ2n) is 18.5. The topological polar surface area (TPSA) is 178 Å². The van der Waals surface area contributed by atoms with Gasteiger partial charge in [0.15, 0.2) is 0 Å². The maximum absolute atomic E-state index is 14.5. The normalized spacial score (nSPS) is 43.2. The van der Waals surface area contributed by atoms with E-state index in [1.807, 2.05) is 26.0 Å². The summed E-state index contributed by atoms with van der Waals surface area (Å²) in [6.45, 7) is 13.3. The number of carbonyl (C=O) groups excluding carboxylic acids is 4. The Morgan fingerprint density at radius 1 is 0.983 bits per heavy atom. The highest BCUT2D eigenvalue weighted by Crippen LogP contribution is 2.59. The fourth-order valence-electron chi connectivity index (χ4n) is 10.9. The predicted molar refractivity (Wildman–Crippen MR) is 220 cm³/mol. The van der Waals surface area contributed by atoms with Crippen LogP contribution in [0.2, 0.25) is 0 Å². The molecule has 3 N–H and O–H groups in total. The van der Waals surface area contributed by atoms with Crippen LogP contribution < -0.4 is 0 Å². The van der Waals surface area contributed by atoms with Crippen LogP contribution >= 0.6 is 0 Å². The number of fused-ring (bicyclic) bond motifs is 2. The van der Waals surface area contributed by atoms with Gasteiger partial charge in [0.05, 0.1) is 30.0 Å². The molecule has 5 aliphatic rings. The maximum atomic E-state index is 14.5. The highest BCUT2D eigenvalue weighted by atomic mass is 16.7. The third-order valence-electron chi connectivity index (χ3n) is 14.4. The number of ketones is 2. The van der Waals surface area contributed by atoms with E-state index in [4.69, 9.17) is 23.7 Å². The number of nitrogens with zero attached hydrogens (tertiary/aromatic N) is 1. The molecule has 59 heavy (non-hydrogen) atoms. The fourth-order valence-corrected chi connectivity index (χ4v) is 10.9. The van der Waals surface area contributed by atoms with Crippen molar-refractivity contribution in [3.05, 3.63) is 36.0 Å². The number of cyclic esters (lactones) is 1. The third kappa shape index (κ3) is 9.51. The Kier molecular flexibility index (Phi) is 15.6. The first kappa shape index (κ1) is 47.3. The number of rotatable bonds is 7. The number of hydrogen-bond acceptors (Lipinski definition) is 12. The Morgan fingerprint density at radius 3 is 2.34 bits per heavy atom. The molecule has 14 atom stereocenters. The molecule has 0 radical (unpaired) electrons. The average molecular weight is 830 g/mol. The number of allylic oxidation sites excluding steroid dienone is 4.